The van der Waals surface area contributed by atoms with Gasteiger partial charge in [0.25, 0.3) is 0 Å². The van der Waals surface area contributed by atoms with Gasteiger partial charge in [-0.1, -0.05) is 12.2 Å². The van der Waals surface area contributed by atoms with Gasteiger partial charge in [-0.3, -0.25) is 0 Å². The van der Waals surface area contributed by atoms with Gasteiger partial charge in [0.15, 0.2) is 0 Å². The first-order chi connectivity index (χ1) is 5.66. The molecule has 1 saturated heterocycles. The van der Waals surface area contributed by atoms with E-state index in [9.17, 15) is 4.79 Å². The Morgan fingerprint density at radius 3 is 3.17 bits per heavy atom. The fourth-order valence-electron chi connectivity index (χ4n) is 1.29. The van der Waals surface area contributed by atoms with Crippen LogP contribution in [0, 0.1) is 5.41 Å². The van der Waals surface area contributed by atoms with E-state index < -0.39 is 0 Å². The largest absolute Gasteiger partial charge is 0.336 e. The highest BCUT2D eigenvalue weighted by Crippen LogP contribution is 2.12. The lowest BCUT2D eigenvalue weighted by Gasteiger charge is -2.20. The fourth-order valence-corrected chi connectivity index (χ4v) is 1.29. The number of hydrogen-bond acceptors (Lipinski definition) is 2. The van der Waals surface area contributed by atoms with Crippen molar-refractivity contribution in [1.29, 1.82) is 5.41 Å². The lowest BCUT2D eigenvalue weighted by atomic mass is 10.1. The van der Waals surface area contributed by atoms with Crippen LogP contribution in [0.1, 0.15) is 6.92 Å². The second-order valence-corrected chi connectivity index (χ2v) is 2.90. The predicted octanol–water partition coefficient (Wildman–Crippen LogP) is 0.606. The van der Waals surface area contributed by atoms with Crippen molar-refractivity contribution < 1.29 is 4.79 Å². The number of hydrogen-bond donors (Lipinski definition) is 2. The minimum absolute atomic E-state index is 0.0547. The first kappa shape index (κ1) is 8.77. The Kier molecular flexibility index (Phi) is 2.47. The summed E-state index contributed by atoms with van der Waals surface area (Å²) in [6, 6.07) is -0.0504. The lowest BCUT2D eigenvalue weighted by Crippen LogP contribution is -2.35. The average molecular weight is 167 g/mol. The SMILES string of the molecule is C=C(C)[C@@H]1CNC(=O)N1CC=N. The summed E-state index contributed by atoms with van der Waals surface area (Å²) in [4.78, 5) is 12.8. The van der Waals surface area contributed by atoms with Crippen LogP contribution in [0.5, 0.6) is 0 Å². The predicted molar refractivity (Wildman–Crippen MR) is 47.5 cm³/mol. The van der Waals surface area contributed by atoms with Gasteiger partial charge in [-0.15, -0.1) is 0 Å². The zero-order valence-electron chi connectivity index (χ0n) is 7.13. The molecule has 1 fully saturated rings. The van der Waals surface area contributed by atoms with Crippen molar-refractivity contribution in [3.05, 3.63) is 12.2 Å². The molecule has 1 aliphatic heterocycles. The highest BCUT2D eigenvalue weighted by molar-refractivity contribution is 5.80. The molecule has 0 saturated carbocycles. The van der Waals surface area contributed by atoms with Crippen LogP contribution in [0.4, 0.5) is 4.79 Å². The first-order valence-corrected chi connectivity index (χ1v) is 3.85. The standard InChI is InChI=1S/C8H13N3O/c1-6(2)7-5-10-8(12)11(7)4-3-9/h3,7,9H,1,4-5H2,2H3,(H,10,12)/t7-/m0/s1. The summed E-state index contributed by atoms with van der Waals surface area (Å²) in [5.74, 6) is 0. The van der Waals surface area contributed by atoms with Gasteiger partial charge in [0.2, 0.25) is 0 Å². The monoisotopic (exact) mass is 167 g/mol. The molecule has 0 aromatic rings. The number of nitrogens with zero attached hydrogens (tertiary/aromatic N) is 1. The Labute approximate surface area is 71.8 Å². The minimum atomic E-state index is -0.105. The smallest absolute Gasteiger partial charge is 0.318 e. The normalized spacial score (nSPS) is 22.2. The molecule has 0 aliphatic carbocycles. The number of nitrogens with one attached hydrogen (secondary N) is 2. The summed E-state index contributed by atoms with van der Waals surface area (Å²) in [6.45, 7) is 6.66. The van der Waals surface area contributed by atoms with Crippen molar-refractivity contribution in [1.82, 2.24) is 10.2 Å². The van der Waals surface area contributed by atoms with Gasteiger partial charge in [-0.05, 0) is 6.92 Å². The topological polar surface area (TPSA) is 56.2 Å². The van der Waals surface area contributed by atoms with Crippen LogP contribution in [-0.4, -0.2) is 36.3 Å². The fraction of sp³-hybridized carbons (Fsp3) is 0.500. The highest BCUT2D eigenvalue weighted by Gasteiger charge is 2.29. The Balaban J connectivity index is 2.69. The number of carbonyl (C=O) groups is 1. The van der Waals surface area contributed by atoms with Crippen molar-refractivity contribution in [2.75, 3.05) is 13.1 Å². The van der Waals surface area contributed by atoms with E-state index in [4.69, 9.17) is 5.41 Å². The van der Waals surface area contributed by atoms with Crippen molar-refractivity contribution in [3.63, 3.8) is 0 Å². The molecule has 1 rings (SSSR count). The molecule has 4 nitrogen and oxygen atoms in total. The molecule has 1 atom stereocenters. The summed E-state index contributed by atoms with van der Waals surface area (Å²) in [7, 11) is 0. The van der Waals surface area contributed by atoms with Crippen LogP contribution in [-0.2, 0) is 0 Å². The second-order valence-electron chi connectivity index (χ2n) is 2.90. The van der Waals surface area contributed by atoms with E-state index in [1.165, 1.54) is 6.21 Å². The quantitative estimate of drug-likeness (QED) is 0.469. The molecule has 0 spiro atoms. The van der Waals surface area contributed by atoms with E-state index in [2.05, 4.69) is 11.9 Å². The highest BCUT2D eigenvalue weighted by atomic mass is 16.2. The van der Waals surface area contributed by atoms with Crippen LogP contribution in [0.25, 0.3) is 0 Å². The number of rotatable bonds is 3. The third-order valence-electron chi connectivity index (χ3n) is 1.94. The third kappa shape index (κ3) is 1.47. The van der Waals surface area contributed by atoms with Gasteiger partial charge >= 0.3 is 6.03 Å². The van der Waals surface area contributed by atoms with Crippen LogP contribution in [0.2, 0.25) is 0 Å². The molecule has 0 bridgehead atoms. The minimum Gasteiger partial charge on any atom is -0.336 e. The van der Waals surface area contributed by atoms with E-state index in [0.717, 1.165) is 5.57 Å². The molecular formula is C8H13N3O. The van der Waals surface area contributed by atoms with Crippen molar-refractivity contribution in [3.8, 4) is 0 Å². The Hall–Kier alpha value is -1.32. The van der Waals surface area contributed by atoms with Crippen LogP contribution in [0.15, 0.2) is 12.2 Å². The molecule has 66 valence electrons. The molecule has 1 heterocycles. The maximum atomic E-state index is 11.1. The molecule has 0 radical (unpaired) electrons. The maximum absolute atomic E-state index is 11.1. The summed E-state index contributed by atoms with van der Waals surface area (Å²) in [5, 5.41) is 9.62. The molecule has 0 aromatic heterocycles. The van der Waals surface area contributed by atoms with Gasteiger partial charge in [-0.25, -0.2) is 4.79 Å². The van der Waals surface area contributed by atoms with E-state index in [-0.39, 0.29) is 12.1 Å². The summed E-state index contributed by atoms with van der Waals surface area (Å²) < 4.78 is 0. The maximum Gasteiger partial charge on any atom is 0.318 e. The van der Waals surface area contributed by atoms with Crippen LogP contribution >= 0.6 is 0 Å². The summed E-state index contributed by atoms with van der Waals surface area (Å²) in [6.07, 6.45) is 1.22. The van der Waals surface area contributed by atoms with E-state index in [1.807, 2.05) is 6.92 Å². The van der Waals surface area contributed by atoms with Crippen molar-refractivity contribution in [2.45, 2.75) is 13.0 Å². The first-order valence-electron chi connectivity index (χ1n) is 3.85. The Morgan fingerprint density at radius 2 is 2.67 bits per heavy atom. The van der Waals surface area contributed by atoms with E-state index in [0.29, 0.717) is 13.1 Å². The molecule has 2 amide bonds. The molecule has 0 unspecified atom stereocenters. The average Bonchev–Trinajstić information content (AvgIpc) is 2.34. The molecule has 12 heavy (non-hydrogen) atoms. The van der Waals surface area contributed by atoms with E-state index in [1.54, 1.807) is 4.90 Å². The summed E-state index contributed by atoms with van der Waals surface area (Å²) in [5.41, 5.74) is 0.954. The van der Waals surface area contributed by atoms with Gasteiger partial charge in [-0.2, -0.15) is 0 Å². The number of carbonyl (C=O) groups excluding carboxylic acids is 1. The second kappa shape index (κ2) is 3.38. The molecule has 0 aromatic carbocycles. The Bertz CT molecular complexity index is 224. The van der Waals surface area contributed by atoms with Crippen LogP contribution in [0.3, 0.4) is 0 Å². The van der Waals surface area contributed by atoms with E-state index >= 15 is 0 Å². The zero-order valence-corrected chi connectivity index (χ0v) is 7.13. The Morgan fingerprint density at radius 1 is 2.00 bits per heavy atom. The third-order valence-corrected chi connectivity index (χ3v) is 1.94. The van der Waals surface area contributed by atoms with Crippen molar-refractivity contribution >= 4 is 12.2 Å². The molecule has 4 heteroatoms. The zero-order chi connectivity index (χ0) is 9.14. The lowest BCUT2D eigenvalue weighted by molar-refractivity contribution is 0.216. The molecular weight excluding hydrogens is 154 g/mol. The van der Waals surface area contributed by atoms with Gasteiger partial charge in [0, 0.05) is 12.8 Å². The molecule has 2 N–H and O–H groups in total. The van der Waals surface area contributed by atoms with Gasteiger partial charge < -0.3 is 15.6 Å². The molecule has 1 aliphatic rings. The van der Waals surface area contributed by atoms with Crippen molar-refractivity contribution in [2.24, 2.45) is 0 Å². The number of urea groups is 1. The van der Waals surface area contributed by atoms with Gasteiger partial charge in [0.05, 0.1) is 12.6 Å². The van der Waals surface area contributed by atoms with Crippen LogP contribution < -0.4 is 5.32 Å². The van der Waals surface area contributed by atoms with Gasteiger partial charge in [0.1, 0.15) is 0 Å². The summed E-state index contributed by atoms with van der Waals surface area (Å²) >= 11 is 0. The number of amides is 2.